The summed E-state index contributed by atoms with van der Waals surface area (Å²) in [6.07, 6.45) is 4.31. The van der Waals surface area contributed by atoms with Crippen molar-refractivity contribution in [3.63, 3.8) is 0 Å². The molecular weight excluding hydrogens is 304 g/mol. The standard InChI is InChI=1S/C20H20O4/c1-13-10-16-11-14(5-8-20(16)24-13)18(21)7-4-15-12-17(22-2)6-9-19(15)23-3/h4-9,11-13H,10H2,1-3H3/b7-4+. The van der Waals surface area contributed by atoms with E-state index in [0.717, 1.165) is 23.3 Å². The molecule has 0 radical (unpaired) electrons. The van der Waals surface area contributed by atoms with Gasteiger partial charge in [-0.15, -0.1) is 0 Å². The maximum atomic E-state index is 12.5. The molecule has 1 unspecified atom stereocenters. The Kier molecular flexibility index (Phi) is 4.56. The van der Waals surface area contributed by atoms with Crippen molar-refractivity contribution in [3.05, 3.63) is 59.2 Å². The van der Waals surface area contributed by atoms with Crippen LogP contribution in [-0.4, -0.2) is 26.1 Å². The first-order valence-corrected chi connectivity index (χ1v) is 7.84. The van der Waals surface area contributed by atoms with Gasteiger partial charge in [-0.2, -0.15) is 0 Å². The molecule has 0 saturated heterocycles. The minimum Gasteiger partial charge on any atom is -0.497 e. The molecule has 0 spiro atoms. The molecule has 0 aromatic heterocycles. The lowest BCUT2D eigenvalue weighted by Crippen LogP contribution is -2.05. The van der Waals surface area contributed by atoms with Crippen LogP contribution in [0, 0.1) is 0 Å². The third-order valence-corrected chi connectivity index (χ3v) is 4.03. The molecule has 0 fully saturated rings. The van der Waals surface area contributed by atoms with Gasteiger partial charge in [-0.05, 0) is 61.0 Å². The molecule has 4 nitrogen and oxygen atoms in total. The van der Waals surface area contributed by atoms with Crippen LogP contribution in [0.5, 0.6) is 17.2 Å². The van der Waals surface area contributed by atoms with Crippen LogP contribution in [-0.2, 0) is 6.42 Å². The minimum atomic E-state index is -0.0535. The number of methoxy groups -OCH3 is 2. The Morgan fingerprint density at radius 3 is 2.75 bits per heavy atom. The van der Waals surface area contributed by atoms with E-state index in [-0.39, 0.29) is 11.9 Å². The average molecular weight is 324 g/mol. The molecule has 2 aromatic rings. The van der Waals surface area contributed by atoms with Crippen LogP contribution in [0.2, 0.25) is 0 Å². The first-order chi connectivity index (χ1) is 11.6. The molecule has 0 aliphatic carbocycles. The molecule has 1 aliphatic heterocycles. The monoisotopic (exact) mass is 324 g/mol. The Balaban J connectivity index is 1.82. The zero-order valence-electron chi connectivity index (χ0n) is 14.0. The number of hydrogen-bond donors (Lipinski definition) is 0. The topological polar surface area (TPSA) is 44.8 Å². The van der Waals surface area contributed by atoms with Crippen molar-refractivity contribution in [2.24, 2.45) is 0 Å². The quantitative estimate of drug-likeness (QED) is 0.617. The largest absolute Gasteiger partial charge is 0.497 e. The Labute approximate surface area is 141 Å². The summed E-state index contributed by atoms with van der Waals surface area (Å²) < 4.78 is 16.2. The lowest BCUT2D eigenvalue weighted by atomic mass is 10.0. The number of benzene rings is 2. The lowest BCUT2D eigenvalue weighted by Gasteiger charge is -2.07. The molecular formula is C20H20O4. The molecule has 2 aromatic carbocycles. The molecule has 4 heteroatoms. The van der Waals surface area contributed by atoms with Crippen molar-refractivity contribution in [2.75, 3.05) is 14.2 Å². The fourth-order valence-corrected chi connectivity index (χ4v) is 2.81. The van der Waals surface area contributed by atoms with Crippen LogP contribution in [0.4, 0.5) is 0 Å². The number of hydrogen-bond acceptors (Lipinski definition) is 4. The van der Waals surface area contributed by atoms with Gasteiger partial charge in [0.25, 0.3) is 0 Å². The van der Waals surface area contributed by atoms with E-state index in [9.17, 15) is 4.79 Å². The molecule has 1 heterocycles. The molecule has 0 N–H and O–H groups in total. The number of fused-ring (bicyclic) bond motifs is 1. The van der Waals surface area contributed by atoms with Gasteiger partial charge < -0.3 is 14.2 Å². The number of ketones is 1. The third-order valence-electron chi connectivity index (χ3n) is 4.03. The summed E-state index contributed by atoms with van der Waals surface area (Å²) in [6.45, 7) is 2.02. The smallest absolute Gasteiger partial charge is 0.185 e. The number of carbonyl (C=O) groups excluding carboxylic acids is 1. The summed E-state index contributed by atoms with van der Waals surface area (Å²) in [4.78, 5) is 12.5. The van der Waals surface area contributed by atoms with Crippen LogP contribution < -0.4 is 14.2 Å². The normalized spacial score (nSPS) is 15.9. The SMILES string of the molecule is COc1ccc(OC)c(/C=C/C(=O)c2ccc3c(c2)CC(C)O3)c1. The summed E-state index contributed by atoms with van der Waals surface area (Å²) >= 11 is 0. The Bertz CT molecular complexity index is 792. The van der Waals surface area contributed by atoms with Crippen LogP contribution >= 0.6 is 0 Å². The Hall–Kier alpha value is -2.75. The van der Waals surface area contributed by atoms with E-state index in [1.165, 1.54) is 0 Å². The summed E-state index contributed by atoms with van der Waals surface area (Å²) in [6, 6.07) is 11.0. The highest BCUT2D eigenvalue weighted by molar-refractivity contribution is 6.07. The fourth-order valence-electron chi connectivity index (χ4n) is 2.81. The molecule has 24 heavy (non-hydrogen) atoms. The second-order valence-corrected chi connectivity index (χ2v) is 5.76. The molecule has 124 valence electrons. The highest BCUT2D eigenvalue weighted by Gasteiger charge is 2.19. The van der Waals surface area contributed by atoms with Crippen molar-refractivity contribution in [2.45, 2.75) is 19.4 Å². The van der Waals surface area contributed by atoms with Crippen LogP contribution in [0.1, 0.15) is 28.4 Å². The van der Waals surface area contributed by atoms with Crippen LogP contribution in [0.3, 0.4) is 0 Å². The maximum absolute atomic E-state index is 12.5. The maximum Gasteiger partial charge on any atom is 0.185 e. The van der Waals surface area contributed by atoms with Gasteiger partial charge in [-0.25, -0.2) is 0 Å². The van der Waals surface area contributed by atoms with E-state index in [2.05, 4.69) is 0 Å². The van der Waals surface area contributed by atoms with Gasteiger partial charge in [-0.3, -0.25) is 4.79 Å². The van der Waals surface area contributed by atoms with Gasteiger partial charge in [-0.1, -0.05) is 0 Å². The van der Waals surface area contributed by atoms with E-state index >= 15 is 0 Å². The first kappa shape index (κ1) is 16.1. The average Bonchev–Trinajstić information content (AvgIpc) is 2.98. The molecule has 1 atom stereocenters. The van der Waals surface area contributed by atoms with Crippen LogP contribution in [0.25, 0.3) is 6.08 Å². The summed E-state index contributed by atoms with van der Waals surface area (Å²) in [5.41, 5.74) is 2.54. The zero-order valence-corrected chi connectivity index (χ0v) is 14.0. The zero-order chi connectivity index (χ0) is 17.1. The molecule has 3 rings (SSSR count). The summed E-state index contributed by atoms with van der Waals surface area (Å²) in [7, 11) is 3.21. The van der Waals surface area contributed by atoms with Gasteiger partial charge in [0.2, 0.25) is 0 Å². The van der Waals surface area contributed by atoms with E-state index in [1.54, 1.807) is 32.4 Å². The van der Waals surface area contributed by atoms with Crippen molar-refractivity contribution in [3.8, 4) is 17.2 Å². The second-order valence-electron chi connectivity index (χ2n) is 5.76. The Morgan fingerprint density at radius 2 is 2.00 bits per heavy atom. The van der Waals surface area contributed by atoms with Crippen molar-refractivity contribution < 1.29 is 19.0 Å². The predicted molar refractivity (Wildman–Crippen MR) is 93.1 cm³/mol. The van der Waals surface area contributed by atoms with Gasteiger partial charge in [0.15, 0.2) is 5.78 Å². The van der Waals surface area contributed by atoms with E-state index < -0.39 is 0 Å². The minimum absolute atomic E-state index is 0.0535. The van der Waals surface area contributed by atoms with Crippen LogP contribution in [0.15, 0.2) is 42.5 Å². The Morgan fingerprint density at radius 1 is 1.17 bits per heavy atom. The van der Waals surface area contributed by atoms with E-state index in [0.29, 0.717) is 17.1 Å². The highest BCUT2D eigenvalue weighted by Crippen LogP contribution is 2.30. The number of ether oxygens (including phenoxy) is 3. The van der Waals surface area contributed by atoms with Gasteiger partial charge in [0, 0.05) is 17.5 Å². The van der Waals surface area contributed by atoms with Gasteiger partial charge in [0.1, 0.15) is 23.4 Å². The molecule has 0 saturated carbocycles. The van der Waals surface area contributed by atoms with Crippen molar-refractivity contribution in [1.29, 1.82) is 0 Å². The number of allylic oxidation sites excluding steroid dienone is 1. The van der Waals surface area contributed by atoms with Crippen molar-refractivity contribution >= 4 is 11.9 Å². The molecule has 0 bridgehead atoms. The van der Waals surface area contributed by atoms with Gasteiger partial charge >= 0.3 is 0 Å². The summed E-state index contributed by atoms with van der Waals surface area (Å²) in [5.74, 6) is 2.22. The third kappa shape index (κ3) is 3.27. The molecule has 1 aliphatic rings. The number of rotatable bonds is 5. The highest BCUT2D eigenvalue weighted by atomic mass is 16.5. The predicted octanol–water partition coefficient (Wildman–Crippen LogP) is 3.92. The fraction of sp³-hybridized carbons (Fsp3) is 0.250. The van der Waals surface area contributed by atoms with Crippen molar-refractivity contribution in [1.82, 2.24) is 0 Å². The van der Waals surface area contributed by atoms with E-state index in [4.69, 9.17) is 14.2 Å². The lowest BCUT2D eigenvalue weighted by molar-refractivity contribution is 0.104. The second kappa shape index (κ2) is 6.79. The summed E-state index contributed by atoms with van der Waals surface area (Å²) in [5, 5.41) is 0. The first-order valence-electron chi connectivity index (χ1n) is 7.84. The number of carbonyl (C=O) groups is 1. The van der Waals surface area contributed by atoms with Gasteiger partial charge in [0.05, 0.1) is 14.2 Å². The molecule has 0 amide bonds. The van der Waals surface area contributed by atoms with E-state index in [1.807, 2.05) is 37.3 Å².